The number of sulfonamides is 1. The number of ether oxygens (including phenoxy) is 1. The number of aromatic amines is 1. The first-order valence-electron chi connectivity index (χ1n) is 6.82. The minimum Gasteiger partial charge on any atom is -0.477 e. The molecule has 0 fully saturated rings. The van der Waals surface area contributed by atoms with E-state index < -0.39 is 16.0 Å². The maximum absolute atomic E-state index is 12.8. The number of nitrogens with one attached hydrogen (secondary N) is 1. The highest BCUT2D eigenvalue weighted by Crippen LogP contribution is 2.32. The molecule has 0 aliphatic carbocycles. The molecular formula is C13H14N4O5S. The molecule has 122 valence electrons. The summed E-state index contributed by atoms with van der Waals surface area (Å²) in [7, 11) is -3.87. The molecule has 0 spiro atoms. The van der Waals surface area contributed by atoms with Gasteiger partial charge in [-0.15, -0.1) is 0 Å². The number of H-pyrrole nitrogens is 1. The Bertz CT molecular complexity index is 861. The molecule has 0 unspecified atom stereocenters. The van der Waals surface area contributed by atoms with E-state index in [1.165, 1.54) is 22.6 Å². The van der Waals surface area contributed by atoms with E-state index in [0.717, 1.165) is 0 Å². The zero-order valence-electron chi connectivity index (χ0n) is 12.2. The number of carbonyl (C=O) groups is 1. The Morgan fingerprint density at radius 1 is 1.48 bits per heavy atom. The van der Waals surface area contributed by atoms with Crippen molar-refractivity contribution in [1.29, 1.82) is 0 Å². The zero-order chi connectivity index (χ0) is 16.6. The maximum atomic E-state index is 12.8. The summed E-state index contributed by atoms with van der Waals surface area (Å²) in [5.41, 5.74) is 0.699. The quantitative estimate of drug-likeness (QED) is 0.818. The van der Waals surface area contributed by atoms with Gasteiger partial charge in [-0.3, -0.25) is 5.10 Å². The van der Waals surface area contributed by atoms with Gasteiger partial charge in [-0.2, -0.15) is 9.40 Å². The lowest BCUT2D eigenvalue weighted by Gasteiger charge is -2.17. The second-order valence-corrected chi connectivity index (χ2v) is 6.75. The molecule has 0 radical (unpaired) electrons. The van der Waals surface area contributed by atoms with Crippen molar-refractivity contribution in [3.05, 3.63) is 35.3 Å². The van der Waals surface area contributed by atoms with Crippen molar-refractivity contribution in [2.75, 3.05) is 6.61 Å². The number of nitrogens with zero attached hydrogens (tertiary/aromatic N) is 3. The number of hydrogen-bond acceptors (Lipinski definition) is 6. The average Bonchev–Trinajstić information content (AvgIpc) is 3.08. The van der Waals surface area contributed by atoms with E-state index in [2.05, 4.69) is 15.2 Å². The zero-order valence-corrected chi connectivity index (χ0v) is 13.0. The molecule has 9 nitrogen and oxygen atoms in total. The van der Waals surface area contributed by atoms with E-state index in [9.17, 15) is 13.2 Å². The number of pyridine rings is 1. The first kappa shape index (κ1) is 15.4. The van der Waals surface area contributed by atoms with Gasteiger partial charge in [0.25, 0.3) is 0 Å². The van der Waals surface area contributed by atoms with E-state index in [0.29, 0.717) is 11.3 Å². The monoisotopic (exact) mass is 338 g/mol. The second kappa shape index (κ2) is 5.63. The fourth-order valence-electron chi connectivity index (χ4n) is 2.41. The van der Waals surface area contributed by atoms with Crippen LogP contribution >= 0.6 is 0 Å². The van der Waals surface area contributed by atoms with E-state index in [1.54, 1.807) is 6.92 Å². The van der Waals surface area contributed by atoms with Gasteiger partial charge >= 0.3 is 5.97 Å². The molecule has 1 aliphatic rings. The van der Waals surface area contributed by atoms with Gasteiger partial charge in [-0.05, 0) is 19.1 Å². The summed E-state index contributed by atoms with van der Waals surface area (Å²) < 4.78 is 32.0. The molecule has 10 heteroatoms. The minimum absolute atomic E-state index is 0.0262. The predicted molar refractivity (Wildman–Crippen MR) is 77.4 cm³/mol. The van der Waals surface area contributed by atoms with Crippen LogP contribution < -0.4 is 4.74 Å². The molecule has 3 rings (SSSR count). The topological polar surface area (TPSA) is 125 Å². The number of rotatable bonds is 5. The number of fused-ring (bicyclic) bond motifs is 1. The van der Waals surface area contributed by atoms with Gasteiger partial charge in [-0.1, -0.05) is 0 Å². The summed E-state index contributed by atoms with van der Waals surface area (Å²) in [6, 6.07) is 2.92. The molecular weight excluding hydrogens is 324 g/mol. The Morgan fingerprint density at radius 3 is 2.96 bits per heavy atom. The number of aromatic nitrogens is 3. The lowest BCUT2D eigenvalue weighted by atomic mass is 10.2. The van der Waals surface area contributed by atoms with Crippen molar-refractivity contribution < 1.29 is 23.1 Å². The Morgan fingerprint density at radius 2 is 2.26 bits per heavy atom. The van der Waals surface area contributed by atoms with Crippen LogP contribution in [0, 0.1) is 0 Å². The predicted octanol–water partition coefficient (Wildman–Crippen LogP) is 0.606. The van der Waals surface area contributed by atoms with Crippen molar-refractivity contribution >= 4 is 16.0 Å². The number of carboxylic acids is 1. The van der Waals surface area contributed by atoms with Crippen LogP contribution in [0.4, 0.5) is 0 Å². The molecule has 0 saturated heterocycles. The molecule has 1 aliphatic heterocycles. The molecule has 2 aromatic heterocycles. The molecule has 2 aromatic rings. The fraction of sp³-hybridized carbons (Fsp3) is 0.308. The van der Waals surface area contributed by atoms with Gasteiger partial charge < -0.3 is 9.84 Å². The summed E-state index contributed by atoms with van der Waals surface area (Å²) in [5.74, 6) is -1.17. The lowest BCUT2D eigenvalue weighted by Crippen LogP contribution is -2.27. The van der Waals surface area contributed by atoms with Crippen molar-refractivity contribution in [3.63, 3.8) is 0 Å². The van der Waals surface area contributed by atoms with Crippen LogP contribution in [0.1, 0.15) is 28.7 Å². The number of hydrogen-bond donors (Lipinski definition) is 2. The largest absolute Gasteiger partial charge is 0.477 e. The van der Waals surface area contributed by atoms with E-state index in [-0.39, 0.29) is 36.2 Å². The highest BCUT2D eigenvalue weighted by Gasteiger charge is 2.36. The van der Waals surface area contributed by atoms with Crippen molar-refractivity contribution in [2.24, 2.45) is 0 Å². The van der Waals surface area contributed by atoms with Crippen LogP contribution in [0.3, 0.4) is 0 Å². The second-order valence-electron chi connectivity index (χ2n) is 4.85. The Kier molecular flexibility index (Phi) is 3.78. The van der Waals surface area contributed by atoms with E-state index >= 15 is 0 Å². The summed E-state index contributed by atoms with van der Waals surface area (Å²) >= 11 is 0. The summed E-state index contributed by atoms with van der Waals surface area (Å²) in [6.07, 6.45) is 1.45. The normalized spacial score (nSPS) is 14.7. The highest BCUT2D eigenvalue weighted by atomic mass is 32.2. The van der Waals surface area contributed by atoms with E-state index in [4.69, 9.17) is 9.84 Å². The first-order valence-corrected chi connectivity index (χ1v) is 8.26. The van der Waals surface area contributed by atoms with Crippen molar-refractivity contribution in [3.8, 4) is 5.88 Å². The molecule has 0 amide bonds. The third kappa shape index (κ3) is 2.55. The van der Waals surface area contributed by atoms with Gasteiger partial charge in [0.1, 0.15) is 4.90 Å². The number of aromatic carboxylic acids is 1. The van der Waals surface area contributed by atoms with Crippen molar-refractivity contribution in [1.82, 2.24) is 19.5 Å². The van der Waals surface area contributed by atoms with Crippen LogP contribution in [0.2, 0.25) is 0 Å². The summed E-state index contributed by atoms with van der Waals surface area (Å²) in [4.78, 5) is 15.0. The summed E-state index contributed by atoms with van der Waals surface area (Å²) in [5, 5.41) is 15.3. The Labute approximate surface area is 132 Å². The molecule has 3 heterocycles. The van der Waals surface area contributed by atoms with Gasteiger partial charge in [0, 0.05) is 18.3 Å². The van der Waals surface area contributed by atoms with Crippen LogP contribution in [-0.2, 0) is 23.1 Å². The molecule has 2 N–H and O–H groups in total. The van der Waals surface area contributed by atoms with Gasteiger partial charge in [-0.25, -0.2) is 18.2 Å². The van der Waals surface area contributed by atoms with Crippen LogP contribution in [0.15, 0.2) is 23.2 Å². The minimum atomic E-state index is -3.87. The van der Waals surface area contributed by atoms with Gasteiger partial charge in [0.2, 0.25) is 15.9 Å². The highest BCUT2D eigenvalue weighted by molar-refractivity contribution is 7.89. The van der Waals surface area contributed by atoms with Crippen LogP contribution in [-0.4, -0.2) is 45.6 Å². The first-order chi connectivity index (χ1) is 10.9. The molecule has 0 atom stereocenters. The lowest BCUT2D eigenvalue weighted by molar-refractivity contribution is 0.0688. The van der Waals surface area contributed by atoms with E-state index in [1.807, 2.05) is 0 Å². The van der Waals surface area contributed by atoms with Crippen LogP contribution in [0.25, 0.3) is 0 Å². The smallest absolute Gasteiger partial charge is 0.356 e. The molecule has 23 heavy (non-hydrogen) atoms. The fourth-order valence-corrected chi connectivity index (χ4v) is 3.87. The summed E-state index contributed by atoms with van der Waals surface area (Å²) in [6.45, 7) is 1.98. The standard InChI is InChI=1S/C13H14N4O5S/c1-2-22-12-10(4-3-5-14-12)23(20,21)17-6-8-9(7-17)15-16-11(8)13(18)19/h3-5H,2,6-7H2,1H3,(H,15,16)(H,18,19). The third-order valence-electron chi connectivity index (χ3n) is 3.46. The van der Waals surface area contributed by atoms with Gasteiger partial charge in [0.15, 0.2) is 5.69 Å². The van der Waals surface area contributed by atoms with Crippen LogP contribution in [0.5, 0.6) is 5.88 Å². The average molecular weight is 338 g/mol. The SMILES string of the molecule is CCOc1ncccc1S(=O)(=O)N1Cc2[nH]nc(C(=O)O)c2C1. The Hall–Kier alpha value is -2.46. The number of carboxylic acid groups (broad SMARTS) is 1. The molecule has 0 aromatic carbocycles. The molecule has 0 bridgehead atoms. The maximum Gasteiger partial charge on any atom is 0.356 e. The molecule has 0 saturated carbocycles. The third-order valence-corrected chi connectivity index (χ3v) is 5.26. The van der Waals surface area contributed by atoms with Crippen molar-refractivity contribution in [2.45, 2.75) is 24.9 Å². The van der Waals surface area contributed by atoms with Gasteiger partial charge in [0.05, 0.1) is 18.8 Å². The Balaban J connectivity index is 1.95.